The number of para-hydroxylation sites is 1. The van der Waals surface area contributed by atoms with E-state index in [-0.39, 0.29) is 23.3 Å². The zero-order chi connectivity index (χ0) is 23.8. The largest absolute Gasteiger partial charge is 0.467 e. The summed E-state index contributed by atoms with van der Waals surface area (Å²) in [6.07, 6.45) is 1.51. The number of rotatable bonds is 10. The first kappa shape index (κ1) is 24.2. The van der Waals surface area contributed by atoms with Gasteiger partial charge in [-0.2, -0.15) is 0 Å². The Bertz CT molecular complexity index is 1150. The van der Waals surface area contributed by atoms with E-state index in [1.54, 1.807) is 60.7 Å². The summed E-state index contributed by atoms with van der Waals surface area (Å²) in [6, 6.07) is 19.1. The van der Waals surface area contributed by atoms with Crippen LogP contribution in [0.25, 0.3) is 0 Å². The highest BCUT2D eigenvalue weighted by Crippen LogP contribution is 2.22. The van der Waals surface area contributed by atoms with Crippen LogP contribution >= 0.6 is 0 Å². The quantitative estimate of drug-likeness (QED) is 0.475. The maximum absolute atomic E-state index is 13.3. The van der Waals surface area contributed by atoms with Crippen molar-refractivity contribution in [3.05, 3.63) is 84.8 Å². The van der Waals surface area contributed by atoms with E-state index in [4.69, 9.17) is 4.42 Å². The molecule has 2 amide bonds. The zero-order valence-corrected chi connectivity index (χ0v) is 19.3. The Morgan fingerprint density at radius 1 is 0.939 bits per heavy atom. The number of anilines is 1. The van der Waals surface area contributed by atoms with Crippen molar-refractivity contribution in [3.63, 3.8) is 0 Å². The normalized spacial score (nSPS) is 12.3. The highest BCUT2D eigenvalue weighted by Gasteiger charge is 2.34. The number of hydrogen-bond donors (Lipinski definition) is 2. The van der Waals surface area contributed by atoms with Gasteiger partial charge in [-0.3, -0.25) is 14.5 Å². The van der Waals surface area contributed by atoms with Crippen molar-refractivity contribution >= 4 is 27.5 Å². The zero-order valence-electron chi connectivity index (χ0n) is 18.5. The first-order chi connectivity index (χ1) is 15.8. The second-order valence-corrected chi connectivity index (χ2v) is 9.49. The first-order valence-electron chi connectivity index (χ1n) is 10.5. The molecular formula is C24H27N3O5S. The molecule has 174 valence electrons. The standard InChI is InChI=1S/C24H27N3O5S/c1-18(2)23(24(29)25-16-20-12-9-15-32-20)27(19-10-5-3-6-11-19)22(28)17-26-33(30,31)21-13-7-4-8-14-21/h3-15,18,23,26H,16-17H2,1-2H3,(H,25,29)/t23-/m0/s1. The minimum atomic E-state index is -3.89. The summed E-state index contributed by atoms with van der Waals surface area (Å²) in [4.78, 5) is 27.8. The third kappa shape index (κ3) is 6.30. The Hall–Kier alpha value is -3.43. The fourth-order valence-electron chi connectivity index (χ4n) is 3.38. The van der Waals surface area contributed by atoms with E-state index in [1.165, 1.54) is 23.3 Å². The molecule has 3 aromatic rings. The summed E-state index contributed by atoms with van der Waals surface area (Å²) in [6.45, 7) is 3.33. The molecule has 0 aliphatic heterocycles. The van der Waals surface area contributed by atoms with Gasteiger partial charge in [0.25, 0.3) is 0 Å². The van der Waals surface area contributed by atoms with E-state index in [2.05, 4.69) is 10.0 Å². The van der Waals surface area contributed by atoms with Crippen molar-refractivity contribution in [3.8, 4) is 0 Å². The van der Waals surface area contributed by atoms with Crippen molar-refractivity contribution < 1.29 is 22.4 Å². The molecule has 0 aliphatic rings. The molecule has 9 heteroatoms. The van der Waals surface area contributed by atoms with E-state index in [0.717, 1.165) is 0 Å². The summed E-state index contributed by atoms with van der Waals surface area (Å²) >= 11 is 0. The van der Waals surface area contributed by atoms with Gasteiger partial charge in [-0.1, -0.05) is 50.2 Å². The van der Waals surface area contributed by atoms with E-state index >= 15 is 0 Å². The fraction of sp³-hybridized carbons (Fsp3) is 0.250. The number of nitrogens with one attached hydrogen (secondary N) is 2. The Morgan fingerprint density at radius 3 is 2.15 bits per heavy atom. The van der Waals surface area contributed by atoms with Gasteiger partial charge < -0.3 is 9.73 Å². The lowest BCUT2D eigenvalue weighted by atomic mass is 10.00. The van der Waals surface area contributed by atoms with E-state index in [0.29, 0.717) is 11.4 Å². The molecule has 0 fully saturated rings. The second-order valence-electron chi connectivity index (χ2n) is 7.72. The van der Waals surface area contributed by atoms with Gasteiger partial charge in [0.05, 0.1) is 24.2 Å². The molecule has 0 saturated heterocycles. The highest BCUT2D eigenvalue weighted by atomic mass is 32.2. The van der Waals surface area contributed by atoms with Crippen LogP contribution in [-0.2, 0) is 26.2 Å². The minimum Gasteiger partial charge on any atom is -0.467 e. The Kier molecular flexibility index (Phi) is 8.02. The predicted molar refractivity (Wildman–Crippen MR) is 125 cm³/mol. The molecule has 0 aliphatic carbocycles. The summed E-state index contributed by atoms with van der Waals surface area (Å²) in [5.41, 5.74) is 0.494. The van der Waals surface area contributed by atoms with Gasteiger partial charge in [-0.25, -0.2) is 13.1 Å². The number of furan rings is 1. The van der Waals surface area contributed by atoms with Crippen LogP contribution in [0.15, 0.2) is 88.4 Å². The van der Waals surface area contributed by atoms with Crippen LogP contribution in [0.4, 0.5) is 5.69 Å². The third-order valence-electron chi connectivity index (χ3n) is 4.97. The molecule has 1 aromatic heterocycles. The van der Waals surface area contributed by atoms with Crippen LogP contribution < -0.4 is 14.9 Å². The summed E-state index contributed by atoms with van der Waals surface area (Å²) in [5, 5.41) is 2.80. The third-order valence-corrected chi connectivity index (χ3v) is 6.38. The van der Waals surface area contributed by atoms with Crippen LogP contribution in [-0.4, -0.2) is 32.8 Å². The molecule has 2 aromatic carbocycles. The number of amides is 2. The molecule has 0 spiro atoms. The van der Waals surface area contributed by atoms with Gasteiger partial charge in [-0.05, 0) is 42.3 Å². The molecule has 1 heterocycles. The first-order valence-corrected chi connectivity index (χ1v) is 12.0. The molecule has 3 rings (SSSR count). The van der Waals surface area contributed by atoms with Gasteiger partial charge in [0.15, 0.2) is 0 Å². The maximum atomic E-state index is 13.3. The van der Waals surface area contributed by atoms with Crippen molar-refractivity contribution in [2.45, 2.75) is 31.3 Å². The van der Waals surface area contributed by atoms with Crippen LogP contribution in [0.1, 0.15) is 19.6 Å². The topological polar surface area (TPSA) is 109 Å². The number of hydrogen-bond acceptors (Lipinski definition) is 5. The van der Waals surface area contributed by atoms with E-state index < -0.39 is 28.5 Å². The average Bonchev–Trinajstić information content (AvgIpc) is 3.34. The van der Waals surface area contributed by atoms with Crippen LogP contribution in [0.5, 0.6) is 0 Å². The van der Waals surface area contributed by atoms with Crippen LogP contribution in [0.3, 0.4) is 0 Å². The lowest BCUT2D eigenvalue weighted by Crippen LogP contribution is -2.54. The number of nitrogens with zero attached hydrogens (tertiary/aromatic N) is 1. The SMILES string of the molecule is CC(C)[C@@H](C(=O)NCc1ccco1)N(C(=O)CNS(=O)(=O)c1ccccc1)c1ccccc1. The Morgan fingerprint density at radius 2 is 1.58 bits per heavy atom. The molecular weight excluding hydrogens is 442 g/mol. The molecule has 0 bridgehead atoms. The van der Waals surface area contributed by atoms with Gasteiger partial charge >= 0.3 is 0 Å². The number of carbonyl (C=O) groups is 2. The Labute approximate surface area is 193 Å². The smallest absolute Gasteiger partial charge is 0.243 e. The summed E-state index contributed by atoms with van der Waals surface area (Å²) in [5.74, 6) is -0.590. The summed E-state index contributed by atoms with van der Waals surface area (Å²) < 4.78 is 32.8. The maximum Gasteiger partial charge on any atom is 0.243 e. The van der Waals surface area contributed by atoms with E-state index in [1.807, 2.05) is 13.8 Å². The van der Waals surface area contributed by atoms with Gasteiger partial charge in [0, 0.05) is 5.69 Å². The Balaban J connectivity index is 1.83. The van der Waals surface area contributed by atoms with E-state index in [9.17, 15) is 18.0 Å². The van der Waals surface area contributed by atoms with Crippen molar-refractivity contribution in [1.29, 1.82) is 0 Å². The predicted octanol–water partition coefficient (Wildman–Crippen LogP) is 2.93. The average molecular weight is 470 g/mol. The molecule has 0 saturated carbocycles. The molecule has 1 atom stereocenters. The van der Waals surface area contributed by atoms with Crippen LogP contribution in [0, 0.1) is 5.92 Å². The highest BCUT2D eigenvalue weighted by molar-refractivity contribution is 7.89. The molecule has 0 radical (unpaired) electrons. The second kappa shape index (κ2) is 10.9. The fourth-order valence-corrected chi connectivity index (χ4v) is 4.38. The van der Waals surface area contributed by atoms with Crippen molar-refractivity contribution in [2.75, 3.05) is 11.4 Å². The van der Waals surface area contributed by atoms with Crippen molar-refractivity contribution in [2.24, 2.45) is 5.92 Å². The molecule has 8 nitrogen and oxygen atoms in total. The lowest BCUT2D eigenvalue weighted by molar-refractivity contribution is -0.127. The number of benzene rings is 2. The minimum absolute atomic E-state index is 0.0562. The van der Waals surface area contributed by atoms with Crippen molar-refractivity contribution in [1.82, 2.24) is 10.0 Å². The van der Waals surface area contributed by atoms with Crippen LogP contribution in [0.2, 0.25) is 0 Å². The van der Waals surface area contributed by atoms with Gasteiger partial charge in [0.2, 0.25) is 21.8 Å². The number of sulfonamides is 1. The van der Waals surface area contributed by atoms with Gasteiger partial charge in [0.1, 0.15) is 11.8 Å². The summed E-state index contributed by atoms with van der Waals surface area (Å²) in [7, 11) is -3.89. The molecule has 0 unspecified atom stereocenters. The lowest BCUT2D eigenvalue weighted by Gasteiger charge is -2.33. The monoisotopic (exact) mass is 469 g/mol. The van der Waals surface area contributed by atoms with Gasteiger partial charge in [-0.15, -0.1) is 0 Å². The molecule has 2 N–H and O–H groups in total. The molecule has 33 heavy (non-hydrogen) atoms. The number of carbonyl (C=O) groups excluding carboxylic acids is 2.